The Morgan fingerprint density at radius 3 is 2.73 bits per heavy atom. The quantitative estimate of drug-likeness (QED) is 0.814. The van der Waals surface area contributed by atoms with E-state index in [-0.39, 0.29) is 5.92 Å². The Kier molecular flexibility index (Phi) is 2.41. The van der Waals surface area contributed by atoms with Crippen LogP contribution in [0.15, 0.2) is 28.9 Å². The number of nitrogens with zero attached hydrogens (tertiary/aromatic N) is 2. The second-order valence-electron chi connectivity index (χ2n) is 3.68. The van der Waals surface area contributed by atoms with Crippen molar-refractivity contribution in [3.8, 4) is 11.5 Å². The molecule has 0 saturated heterocycles. The maximum Gasteiger partial charge on any atom is 0.190 e. The lowest BCUT2D eigenvalue weighted by atomic mass is 10.0. The summed E-state index contributed by atoms with van der Waals surface area (Å²) in [6.07, 6.45) is 1.72. The van der Waals surface area contributed by atoms with E-state index in [1.165, 1.54) is 0 Å². The van der Waals surface area contributed by atoms with Crippen LogP contribution in [0, 0.1) is 0 Å². The average molecular weight is 203 g/mol. The van der Waals surface area contributed by atoms with E-state index in [4.69, 9.17) is 10.3 Å². The summed E-state index contributed by atoms with van der Waals surface area (Å²) in [5.41, 5.74) is 7.44. The van der Waals surface area contributed by atoms with Gasteiger partial charge in [-0.15, -0.1) is 0 Å². The number of nitrogen functional groups attached to an aromatic ring is 1. The molecule has 0 aliphatic heterocycles. The molecular formula is C11H13N3O. The summed E-state index contributed by atoms with van der Waals surface area (Å²) in [5.74, 6) is 1.39. The van der Waals surface area contributed by atoms with Crippen molar-refractivity contribution in [2.75, 3.05) is 5.73 Å². The lowest BCUT2D eigenvalue weighted by Gasteiger charge is -2.04. The SMILES string of the molecule is CC(C)c1c(N)noc1-c1ccccn1. The number of hydrogen-bond donors (Lipinski definition) is 1. The fraction of sp³-hybridized carbons (Fsp3) is 0.273. The van der Waals surface area contributed by atoms with Gasteiger partial charge in [-0.25, -0.2) is 0 Å². The molecule has 0 bridgehead atoms. The Labute approximate surface area is 88.1 Å². The van der Waals surface area contributed by atoms with Gasteiger partial charge < -0.3 is 10.3 Å². The number of aromatic nitrogens is 2. The highest BCUT2D eigenvalue weighted by atomic mass is 16.5. The first kappa shape index (κ1) is 9.71. The van der Waals surface area contributed by atoms with Crippen LogP contribution in [0.3, 0.4) is 0 Å². The molecule has 2 rings (SSSR count). The predicted octanol–water partition coefficient (Wildman–Crippen LogP) is 2.44. The van der Waals surface area contributed by atoms with Crippen LogP contribution in [0.4, 0.5) is 5.82 Å². The molecule has 0 radical (unpaired) electrons. The first-order valence-corrected chi connectivity index (χ1v) is 4.86. The molecule has 0 aromatic carbocycles. The van der Waals surface area contributed by atoms with Crippen molar-refractivity contribution in [1.82, 2.24) is 10.1 Å². The first-order chi connectivity index (χ1) is 7.20. The van der Waals surface area contributed by atoms with Crippen molar-refractivity contribution >= 4 is 5.82 Å². The van der Waals surface area contributed by atoms with Gasteiger partial charge in [-0.1, -0.05) is 25.1 Å². The van der Waals surface area contributed by atoms with Crippen molar-refractivity contribution in [3.63, 3.8) is 0 Å². The highest BCUT2D eigenvalue weighted by molar-refractivity contribution is 5.63. The van der Waals surface area contributed by atoms with Gasteiger partial charge in [0.25, 0.3) is 0 Å². The molecule has 4 nitrogen and oxygen atoms in total. The molecule has 15 heavy (non-hydrogen) atoms. The zero-order valence-electron chi connectivity index (χ0n) is 8.77. The molecule has 0 amide bonds. The summed E-state index contributed by atoms with van der Waals surface area (Å²) in [7, 11) is 0. The van der Waals surface area contributed by atoms with Crippen molar-refractivity contribution in [3.05, 3.63) is 30.0 Å². The number of nitrogens with two attached hydrogens (primary N) is 1. The smallest absolute Gasteiger partial charge is 0.190 e. The third-order valence-electron chi connectivity index (χ3n) is 2.23. The Morgan fingerprint density at radius 2 is 2.13 bits per heavy atom. The molecule has 4 heteroatoms. The first-order valence-electron chi connectivity index (χ1n) is 4.86. The van der Waals surface area contributed by atoms with Crippen molar-refractivity contribution in [1.29, 1.82) is 0 Å². The van der Waals surface area contributed by atoms with Crippen molar-refractivity contribution in [2.45, 2.75) is 19.8 Å². The van der Waals surface area contributed by atoms with E-state index in [1.54, 1.807) is 6.20 Å². The number of rotatable bonds is 2. The van der Waals surface area contributed by atoms with Gasteiger partial charge in [-0.2, -0.15) is 0 Å². The van der Waals surface area contributed by atoms with E-state index in [0.29, 0.717) is 11.6 Å². The van der Waals surface area contributed by atoms with Crippen LogP contribution in [-0.2, 0) is 0 Å². The Bertz CT molecular complexity index is 448. The van der Waals surface area contributed by atoms with Crippen LogP contribution in [0.5, 0.6) is 0 Å². The molecule has 78 valence electrons. The summed E-state index contributed by atoms with van der Waals surface area (Å²) in [6.45, 7) is 4.10. The predicted molar refractivity (Wildman–Crippen MR) is 58.2 cm³/mol. The fourth-order valence-corrected chi connectivity index (χ4v) is 1.55. The van der Waals surface area contributed by atoms with E-state index in [9.17, 15) is 0 Å². The van der Waals surface area contributed by atoms with Crippen LogP contribution in [0.25, 0.3) is 11.5 Å². The van der Waals surface area contributed by atoms with E-state index in [1.807, 2.05) is 18.2 Å². The summed E-state index contributed by atoms with van der Waals surface area (Å²) in [5, 5.41) is 3.78. The summed E-state index contributed by atoms with van der Waals surface area (Å²) in [4.78, 5) is 4.22. The largest absolute Gasteiger partial charge is 0.381 e. The van der Waals surface area contributed by atoms with Gasteiger partial charge in [-0.3, -0.25) is 4.98 Å². The number of pyridine rings is 1. The second kappa shape index (κ2) is 3.73. The number of hydrogen-bond acceptors (Lipinski definition) is 4. The van der Waals surface area contributed by atoms with Crippen LogP contribution in [0.1, 0.15) is 25.3 Å². The normalized spacial score (nSPS) is 10.9. The van der Waals surface area contributed by atoms with Crippen molar-refractivity contribution < 1.29 is 4.52 Å². The van der Waals surface area contributed by atoms with Gasteiger partial charge in [-0.05, 0) is 18.1 Å². The van der Waals surface area contributed by atoms with Crippen LogP contribution < -0.4 is 5.73 Å². The molecule has 0 saturated carbocycles. The maximum atomic E-state index is 5.75. The lowest BCUT2D eigenvalue weighted by molar-refractivity contribution is 0.433. The highest BCUT2D eigenvalue weighted by Gasteiger charge is 2.18. The molecule has 2 N–H and O–H groups in total. The van der Waals surface area contributed by atoms with Gasteiger partial charge in [0.2, 0.25) is 0 Å². The summed E-state index contributed by atoms with van der Waals surface area (Å²) in [6, 6.07) is 5.65. The molecular weight excluding hydrogens is 190 g/mol. The van der Waals surface area contributed by atoms with Gasteiger partial charge in [0.05, 0.1) is 0 Å². The molecule has 0 atom stereocenters. The molecule has 0 spiro atoms. The Balaban J connectivity index is 2.54. The minimum Gasteiger partial charge on any atom is -0.381 e. The van der Waals surface area contributed by atoms with E-state index in [2.05, 4.69) is 24.0 Å². The summed E-state index contributed by atoms with van der Waals surface area (Å²) < 4.78 is 5.21. The Morgan fingerprint density at radius 1 is 1.33 bits per heavy atom. The lowest BCUT2D eigenvalue weighted by Crippen LogP contribution is -1.95. The summed E-state index contributed by atoms with van der Waals surface area (Å²) >= 11 is 0. The van der Waals surface area contributed by atoms with E-state index >= 15 is 0 Å². The van der Waals surface area contributed by atoms with Gasteiger partial charge in [0, 0.05) is 11.8 Å². The molecule has 0 unspecified atom stereocenters. The average Bonchev–Trinajstić information content (AvgIpc) is 2.61. The maximum absolute atomic E-state index is 5.75. The molecule has 0 fully saturated rings. The topological polar surface area (TPSA) is 64.9 Å². The van der Waals surface area contributed by atoms with E-state index in [0.717, 1.165) is 11.3 Å². The zero-order valence-corrected chi connectivity index (χ0v) is 8.77. The molecule has 0 aliphatic rings. The van der Waals surface area contributed by atoms with Crippen LogP contribution in [0.2, 0.25) is 0 Å². The minimum absolute atomic E-state index is 0.272. The van der Waals surface area contributed by atoms with Crippen LogP contribution >= 0.6 is 0 Å². The van der Waals surface area contributed by atoms with Gasteiger partial charge in [0.15, 0.2) is 11.6 Å². The minimum atomic E-state index is 0.272. The molecule has 0 aliphatic carbocycles. The standard InChI is InChI=1S/C11H13N3O/c1-7(2)9-10(15-14-11(9)12)8-5-3-4-6-13-8/h3-7H,1-2H3,(H2,12,14). The molecule has 2 aromatic heterocycles. The Hall–Kier alpha value is -1.84. The monoisotopic (exact) mass is 203 g/mol. The zero-order chi connectivity index (χ0) is 10.8. The third kappa shape index (κ3) is 1.70. The molecule has 2 aromatic rings. The van der Waals surface area contributed by atoms with Crippen LogP contribution in [-0.4, -0.2) is 10.1 Å². The highest BCUT2D eigenvalue weighted by Crippen LogP contribution is 2.31. The second-order valence-corrected chi connectivity index (χ2v) is 3.68. The van der Waals surface area contributed by atoms with Gasteiger partial charge in [0.1, 0.15) is 5.69 Å². The van der Waals surface area contributed by atoms with E-state index < -0.39 is 0 Å². The molecule has 2 heterocycles. The fourth-order valence-electron chi connectivity index (χ4n) is 1.55. The third-order valence-corrected chi connectivity index (χ3v) is 2.23. The van der Waals surface area contributed by atoms with Gasteiger partial charge >= 0.3 is 0 Å². The van der Waals surface area contributed by atoms with Crippen molar-refractivity contribution in [2.24, 2.45) is 0 Å². The number of anilines is 1.